The molecule has 6 aliphatic rings. The van der Waals surface area contributed by atoms with Crippen molar-refractivity contribution >= 4 is 5.78 Å². The molecule has 5 nitrogen and oxygen atoms in total. The maximum absolute atomic E-state index is 12.2. The number of ketones is 1. The lowest BCUT2D eigenvalue weighted by molar-refractivity contribution is -0.208. The van der Waals surface area contributed by atoms with Gasteiger partial charge in [-0.3, -0.25) is 4.79 Å². The van der Waals surface area contributed by atoms with E-state index >= 15 is 0 Å². The standard InChI is InChI=1S/C32H40O5/c1-20-11-15-37-32(20)14-10-26-24-8-12-30(34)19-31(35-16-17-36-31)13-9-27(30)28(24)25(18-29(26,32)3)23-6-4-22(5-7-23)21(2)33/h4-7,24-26,34H,1,8-19H2,2-3H3. The van der Waals surface area contributed by atoms with Crippen LogP contribution in [0, 0.1) is 17.3 Å². The van der Waals surface area contributed by atoms with E-state index in [1.807, 2.05) is 12.1 Å². The second-order valence-electron chi connectivity index (χ2n) is 12.9. The molecule has 0 aromatic heterocycles. The van der Waals surface area contributed by atoms with Crippen molar-refractivity contribution in [2.24, 2.45) is 17.3 Å². The van der Waals surface area contributed by atoms with Crippen LogP contribution in [0.3, 0.4) is 0 Å². The largest absolute Gasteiger partial charge is 0.385 e. The van der Waals surface area contributed by atoms with Gasteiger partial charge in [0.05, 0.1) is 31.0 Å². The molecule has 1 N–H and O–H groups in total. The van der Waals surface area contributed by atoms with Crippen LogP contribution >= 0.6 is 0 Å². The normalized spacial score (nSPS) is 42.2. The lowest BCUT2D eigenvalue weighted by Gasteiger charge is -2.58. The first-order valence-electron chi connectivity index (χ1n) is 14.4. The highest BCUT2D eigenvalue weighted by Crippen LogP contribution is 2.70. The summed E-state index contributed by atoms with van der Waals surface area (Å²) >= 11 is 0. The Balaban J connectivity index is 1.36. The van der Waals surface area contributed by atoms with Gasteiger partial charge in [0, 0.05) is 29.7 Å². The summed E-state index contributed by atoms with van der Waals surface area (Å²) in [4.78, 5) is 12.0. The van der Waals surface area contributed by atoms with E-state index in [1.54, 1.807) is 6.92 Å². The maximum Gasteiger partial charge on any atom is 0.171 e. The Hall–Kier alpha value is -1.79. The van der Waals surface area contributed by atoms with Crippen molar-refractivity contribution in [1.29, 1.82) is 0 Å². The van der Waals surface area contributed by atoms with Gasteiger partial charge in [-0.2, -0.15) is 0 Å². The summed E-state index contributed by atoms with van der Waals surface area (Å²) in [5.41, 5.74) is 4.90. The summed E-state index contributed by atoms with van der Waals surface area (Å²) in [7, 11) is 0. The number of aliphatic hydroxyl groups is 1. The van der Waals surface area contributed by atoms with Crippen LogP contribution in [0.1, 0.15) is 93.5 Å². The fourth-order valence-electron chi connectivity index (χ4n) is 9.72. The van der Waals surface area contributed by atoms with Gasteiger partial charge < -0.3 is 19.3 Å². The quantitative estimate of drug-likeness (QED) is 0.403. The molecule has 3 saturated carbocycles. The number of carbonyl (C=O) groups is 1. The van der Waals surface area contributed by atoms with Gasteiger partial charge in [0.15, 0.2) is 11.6 Å². The second-order valence-corrected chi connectivity index (χ2v) is 12.9. The minimum Gasteiger partial charge on any atom is -0.385 e. The van der Waals surface area contributed by atoms with Gasteiger partial charge in [-0.25, -0.2) is 0 Å². The lowest BCUT2D eigenvalue weighted by Crippen LogP contribution is -2.55. The first-order valence-corrected chi connectivity index (χ1v) is 14.4. The molecule has 0 radical (unpaired) electrons. The first kappa shape index (κ1) is 24.3. The van der Waals surface area contributed by atoms with E-state index < -0.39 is 11.4 Å². The van der Waals surface area contributed by atoms with Gasteiger partial charge in [0.1, 0.15) is 0 Å². The molecule has 1 aromatic carbocycles. The Kier molecular flexibility index (Phi) is 5.32. The minimum atomic E-state index is -0.872. The van der Waals surface area contributed by atoms with E-state index in [4.69, 9.17) is 14.2 Å². The van der Waals surface area contributed by atoms with Crippen LogP contribution in [0.5, 0.6) is 0 Å². The zero-order valence-corrected chi connectivity index (χ0v) is 22.3. The molecular formula is C32H40O5. The number of rotatable bonds is 2. The molecule has 7 rings (SSSR count). The molecule has 2 aliphatic heterocycles. The number of Topliss-reactive ketones (excluding diaryl/α,β-unsaturated/α-hetero) is 1. The van der Waals surface area contributed by atoms with Gasteiger partial charge in [-0.1, -0.05) is 43.3 Å². The Morgan fingerprint density at radius 3 is 2.43 bits per heavy atom. The lowest BCUT2D eigenvalue weighted by atomic mass is 9.49. The average Bonchev–Trinajstić information content (AvgIpc) is 3.57. The molecule has 2 spiro atoms. The smallest absolute Gasteiger partial charge is 0.171 e. The van der Waals surface area contributed by atoms with Crippen molar-refractivity contribution in [3.05, 3.63) is 58.7 Å². The van der Waals surface area contributed by atoms with Crippen LogP contribution in [0.2, 0.25) is 0 Å². The Labute approximate surface area is 220 Å². The number of fused-ring (bicyclic) bond motifs is 5. The highest BCUT2D eigenvalue weighted by Gasteiger charge is 2.67. The molecule has 0 bridgehead atoms. The van der Waals surface area contributed by atoms with E-state index in [1.165, 1.54) is 22.3 Å². The van der Waals surface area contributed by atoms with Gasteiger partial charge in [-0.05, 0) is 80.4 Å². The molecule has 2 heterocycles. The summed E-state index contributed by atoms with van der Waals surface area (Å²) in [6, 6.07) is 8.27. The van der Waals surface area contributed by atoms with Crippen LogP contribution in [0.4, 0.5) is 0 Å². The molecule has 198 valence electrons. The third-order valence-corrected chi connectivity index (χ3v) is 11.4. The number of allylic oxidation sites excluding steroid dienone is 1. The zero-order chi connectivity index (χ0) is 25.6. The number of ether oxygens (including phenoxy) is 3. The molecule has 6 atom stereocenters. The summed E-state index contributed by atoms with van der Waals surface area (Å²) in [5.74, 6) is 0.619. The Morgan fingerprint density at radius 1 is 1.00 bits per heavy atom. The van der Waals surface area contributed by atoms with E-state index in [0.717, 1.165) is 63.5 Å². The van der Waals surface area contributed by atoms with Crippen LogP contribution in [-0.4, -0.2) is 47.7 Å². The molecular weight excluding hydrogens is 464 g/mol. The molecule has 37 heavy (non-hydrogen) atoms. The monoisotopic (exact) mass is 504 g/mol. The van der Waals surface area contributed by atoms with Crippen molar-refractivity contribution < 1.29 is 24.1 Å². The van der Waals surface area contributed by atoms with Crippen molar-refractivity contribution in [2.45, 2.75) is 94.5 Å². The number of benzene rings is 1. The van der Waals surface area contributed by atoms with E-state index in [2.05, 4.69) is 25.6 Å². The molecule has 5 fully saturated rings. The maximum atomic E-state index is 12.2. The van der Waals surface area contributed by atoms with Crippen LogP contribution < -0.4 is 0 Å². The number of hydrogen-bond acceptors (Lipinski definition) is 5. The number of carbonyl (C=O) groups excluding carboxylic acids is 1. The topological polar surface area (TPSA) is 65.0 Å². The van der Waals surface area contributed by atoms with E-state index in [0.29, 0.717) is 31.5 Å². The summed E-state index contributed by atoms with van der Waals surface area (Å²) < 4.78 is 18.8. The summed E-state index contributed by atoms with van der Waals surface area (Å²) in [6.07, 6.45) is 8.07. The van der Waals surface area contributed by atoms with Gasteiger partial charge in [0.25, 0.3) is 0 Å². The van der Waals surface area contributed by atoms with Crippen LogP contribution in [0.25, 0.3) is 0 Å². The predicted octanol–water partition coefficient (Wildman–Crippen LogP) is 5.87. The first-order chi connectivity index (χ1) is 17.7. The number of hydrogen-bond donors (Lipinski definition) is 1. The van der Waals surface area contributed by atoms with Gasteiger partial charge in [0.2, 0.25) is 0 Å². The summed E-state index contributed by atoms with van der Waals surface area (Å²) in [6.45, 7) is 10.6. The Morgan fingerprint density at radius 2 is 1.76 bits per heavy atom. The SMILES string of the molecule is C=C1CCOC12CCC1C3CCC4(O)CC5(CCC4=C3C(c3ccc(C(C)=O)cc3)CC12C)OCCO5. The molecule has 2 saturated heterocycles. The zero-order valence-electron chi connectivity index (χ0n) is 22.3. The van der Waals surface area contributed by atoms with Crippen molar-refractivity contribution in [3.8, 4) is 0 Å². The molecule has 1 aromatic rings. The summed E-state index contributed by atoms with van der Waals surface area (Å²) in [5, 5.41) is 12.2. The average molecular weight is 505 g/mol. The van der Waals surface area contributed by atoms with Crippen molar-refractivity contribution in [3.63, 3.8) is 0 Å². The van der Waals surface area contributed by atoms with Crippen LogP contribution in [0.15, 0.2) is 47.6 Å². The predicted molar refractivity (Wildman–Crippen MR) is 140 cm³/mol. The van der Waals surface area contributed by atoms with Crippen molar-refractivity contribution in [2.75, 3.05) is 19.8 Å². The highest BCUT2D eigenvalue weighted by atomic mass is 16.7. The van der Waals surface area contributed by atoms with Crippen molar-refractivity contribution in [1.82, 2.24) is 0 Å². The van der Waals surface area contributed by atoms with Gasteiger partial charge in [-0.15, -0.1) is 0 Å². The van der Waals surface area contributed by atoms with E-state index in [9.17, 15) is 9.90 Å². The molecule has 6 unspecified atom stereocenters. The van der Waals surface area contributed by atoms with Crippen LogP contribution in [-0.2, 0) is 14.2 Å². The fourth-order valence-corrected chi connectivity index (χ4v) is 9.72. The second kappa shape index (κ2) is 8.11. The van der Waals surface area contributed by atoms with Gasteiger partial charge >= 0.3 is 0 Å². The van der Waals surface area contributed by atoms with E-state index in [-0.39, 0.29) is 22.7 Å². The third-order valence-electron chi connectivity index (χ3n) is 11.4. The highest BCUT2D eigenvalue weighted by molar-refractivity contribution is 5.94. The molecule has 4 aliphatic carbocycles. The minimum absolute atomic E-state index is 0.00223. The molecule has 0 amide bonds. The third kappa shape index (κ3) is 3.27. The molecule has 5 heteroatoms. The fraction of sp³-hybridized carbons (Fsp3) is 0.656. The Bertz CT molecular complexity index is 1180.